The monoisotopic (exact) mass is 177 g/mol. The van der Waals surface area contributed by atoms with Crippen LogP contribution in [0.15, 0.2) is 0 Å². The molecule has 0 aromatic heterocycles. The molecule has 2 N–H and O–H groups in total. The Hall–Kier alpha value is -0.0600. The second-order valence-corrected chi connectivity index (χ2v) is 3.38. The van der Waals surface area contributed by atoms with Gasteiger partial charge in [-0.1, -0.05) is 13.8 Å². The number of aldehydes is 1. The molecule has 1 atom stereocenters. The third-order valence-electron chi connectivity index (χ3n) is 1.72. The smallest absolute Gasteiger partial charge is 0.142 e. The molecule has 0 saturated heterocycles. The Bertz CT molecular complexity index is 130. The molecule has 11 heavy (non-hydrogen) atoms. The summed E-state index contributed by atoms with van der Waals surface area (Å²) in [5, 5.41) is 0. The van der Waals surface area contributed by atoms with Crippen molar-refractivity contribution in [3.05, 3.63) is 0 Å². The van der Waals surface area contributed by atoms with Gasteiger partial charge in [0.1, 0.15) is 6.29 Å². The molecule has 4 heteroatoms. The Morgan fingerprint density at radius 1 is 1.73 bits per heavy atom. The summed E-state index contributed by atoms with van der Waals surface area (Å²) in [4.78, 5) is 10.6. The number of carbonyl (C=O) groups excluding carboxylic acids is 1. The largest absolute Gasteiger partial charge is 0.317 e. The zero-order valence-electron chi connectivity index (χ0n) is 7.16. The molecule has 0 radical (unpaired) electrons. The van der Waals surface area contributed by atoms with E-state index in [1.165, 1.54) is 12.0 Å². The zero-order valence-corrected chi connectivity index (χ0v) is 7.98. The fraction of sp³-hybridized carbons (Fsp3) is 0.857. The minimum atomic E-state index is -0.830. The van der Waals surface area contributed by atoms with Gasteiger partial charge in [0.15, 0.2) is 0 Å². The van der Waals surface area contributed by atoms with Gasteiger partial charge in [-0.25, -0.2) is 0 Å². The molecule has 66 valence electrons. The Kier molecular flexibility index (Phi) is 4.72. The van der Waals surface area contributed by atoms with E-state index in [0.29, 0.717) is 0 Å². The van der Waals surface area contributed by atoms with Crippen molar-refractivity contribution in [3.63, 3.8) is 0 Å². The molecule has 0 saturated carbocycles. The van der Waals surface area contributed by atoms with E-state index < -0.39 is 5.54 Å². The van der Waals surface area contributed by atoms with Gasteiger partial charge >= 0.3 is 0 Å². The molecule has 0 aromatic rings. The van der Waals surface area contributed by atoms with Gasteiger partial charge < -0.3 is 14.7 Å². The van der Waals surface area contributed by atoms with Crippen molar-refractivity contribution in [3.8, 4) is 0 Å². The van der Waals surface area contributed by atoms with Gasteiger partial charge in [0, 0.05) is 6.26 Å². The van der Waals surface area contributed by atoms with E-state index in [1.807, 2.05) is 13.8 Å². The summed E-state index contributed by atoms with van der Waals surface area (Å²) < 4.78 is 5.01. The summed E-state index contributed by atoms with van der Waals surface area (Å²) in [6.07, 6.45) is 2.55. The number of hydrogen-bond acceptors (Lipinski definition) is 4. The Morgan fingerprint density at radius 2 is 2.27 bits per heavy atom. The second-order valence-electron chi connectivity index (χ2n) is 2.81. The van der Waals surface area contributed by atoms with E-state index in [9.17, 15) is 4.79 Å². The highest BCUT2D eigenvalue weighted by Crippen LogP contribution is 2.13. The predicted molar refractivity (Wildman–Crippen MR) is 47.3 cm³/mol. The average molecular weight is 177 g/mol. The van der Waals surface area contributed by atoms with Gasteiger partial charge in [0.2, 0.25) is 0 Å². The predicted octanol–water partition coefficient (Wildman–Crippen LogP) is 0.833. The highest BCUT2D eigenvalue weighted by Gasteiger charge is 2.28. The van der Waals surface area contributed by atoms with Crippen molar-refractivity contribution >= 4 is 18.3 Å². The Morgan fingerprint density at radius 3 is 2.55 bits per heavy atom. The van der Waals surface area contributed by atoms with Crippen LogP contribution in [0.1, 0.15) is 13.8 Å². The minimum absolute atomic E-state index is 0.104. The molecule has 1 unspecified atom stereocenters. The zero-order chi connectivity index (χ0) is 8.91. The van der Waals surface area contributed by atoms with Crippen molar-refractivity contribution in [1.82, 2.24) is 0 Å². The van der Waals surface area contributed by atoms with Crippen molar-refractivity contribution in [1.29, 1.82) is 0 Å². The summed E-state index contributed by atoms with van der Waals surface area (Å²) in [6.45, 7) is 4.07. The molecule has 3 nitrogen and oxygen atoms in total. The fourth-order valence-corrected chi connectivity index (χ4v) is 0.820. The lowest BCUT2D eigenvalue weighted by Gasteiger charge is -2.25. The summed E-state index contributed by atoms with van der Waals surface area (Å²) >= 11 is 1.22. The molecule has 0 aliphatic heterocycles. The SMILES string of the molecule is CSOCC(N)(C=O)C(C)C. The van der Waals surface area contributed by atoms with E-state index in [1.54, 1.807) is 6.26 Å². The Balaban J connectivity index is 3.99. The first-order chi connectivity index (χ1) is 5.06. The van der Waals surface area contributed by atoms with Gasteiger partial charge in [0.05, 0.1) is 12.1 Å². The van der Waals surface area contributed by atoms with Crippen LogP contribution in [0.5, 0.6) is 0 Å². The van der Waals surface area contributed by atoms with Crippen LogP contribution in [0.3, 0.4) is 0 Å². The van der Waals surface area contributed by atoms with Gasteiger partial charge in [-0.3, -0.25) is 0 Å². The molecule has 0 aliphatic carbocycles. The lowest BCUT2D eigenvalue weighted by molar-refractivity contribution is -0.114. The lowest BCUT2D eigenvalue weighted by Crippen LogP contribution is -2.50. The maximum atomic E-state index is 10.6. The van der Waals surface area contributed by atoms with Gasteiger partial charge in [-0.2, -0.15) is 0 Å². The quantitative estimate of drug-likeness (QED) is 0.499. The van der Waals surface area contributed by atoms with Crippen LogP contribution in [0.4, 0.5) is 0 Å². The summed E-state index contributed by atoms with van der Waals surface area (Å²) in [6, 6.07) is 0. The molecule has 0 spiro atoms. The van der Waals surface area contributed by atoms with E-state index in [-0.39, 0.29) is 12.5 Å². The normalized spacial score (nSPS) is 16.5. The lowest BCUT2D eigenvalue weighted by atomic mass is 9.90. The van der Waals surface area contributed by atoms with E-state index >= 15 is 0 Å². The molecule has 0 bridgehead atoms. The van der Waals surface area contributed by atoms with Gasteiger partial charge in [0.25, 0.3) is 0 Å². The van der Waals surface area contributed by atoms with E-state index in [2.05, 4.69) is 0 Å². The molecule has 0 fully saturated rings. The highest BCUT2D eigenvalue weighted by molar-refractivity contribution is 7.93. The first-order valence-corrected chi connectivity index (χ1v) is 4.62. The number of hydrogen-bond donors (Lipinski definition) is 1. The van der Waals surface area contributed by atoms with Crippen molar-refractivity contribution < 1.29 is 8.98 Å². The number of carbonyl (C=O) groups is 1. The van der Waals surface area contributed by atoms with Crippen LogP contribution < -0.4 is 5.73 Å². The van der Waals surface area contributed by atoms with Crippen LogP contribution in [-0.2, 0) is 8.98 Å². The molecule has 0 heterocycles. The second kappa shape index (κ2) is 4.74. The summed E-state index contributed by atoms with van der Waals surface area (Å²) in [7, 11) is 0. The Labute approximate surface area is 71.9 Å². The van der Waals surface area contributed by atoms with E-state index in [0.717, 1.165) is 6.29 Å². The summed E-state index contributed by atoms with van der Waals surface area (Å²) in [5.41, 5.74) is 4.89. The van der Waals surface area contributed by atoms with Crippen molar-refractivity contribution in [2.75, 3.05) is 12.9 Å². The van der Waals surface area contributed by atoms with Crippen molar-refractivity contribution in [2.45, 2.75) is 19.4 Å². The average Bonchev–Trinajstić information content (AvgIpc) is 2.00. The fourth-order valence-electron chi connectivity index (χ4n) is 0.498. The van der Waals surface area contributed by atoms with Gasteiger partial charge in [-0.05, 0) is 18.0 Å². The van der Waals surface area contributed by atoms with Crippen LogP contribution in [0, 0.1) is 5.92 Å². The molecular formula is C7H15NO2S. The number of nitrogens with two attached hydrogens (primary N) is 1. The first-order valence-electron chi connectivity index (χ1n) is 3.47. The molecular weight excluding hydrogens is 162 g/mol. The molecule has 0 aromatic carbocycles. The van der Waals surface area contributed by atoms with Crippen molar-refractivity contribution in [2.24, 2.45) is 11.7 Å². The minimum Gasteiger partial charge on any atom is -0.317 e. The standard InChI is InChI=1S/C7H15NO2S/c1-6(2)7(8,4-9)5-10-11-3/h4,6H,5,8H2,1-3H3. The summed E-state index contributed by atoms with van der Waals surface area (Å²) in [5.74, 6) is 0.104. The third kappa shape index (κ3) is 3.22. The molecule has 0 amide bonds. The molecule has 0 rings (SSSR count). The van der Waals surface area contributed by atoms with Crippen LogP contribution >= 0.6 is 12.0 Å². The topological polar surface area (TPSA) is 52.3 Å². The van der Waals surface area contributed by atoms with E-state index in [4.69, 9.17) is 9.92 Å². The van der Waals surface area contributed by atoms with Crippen LogP contribution in [-0.4, -0.2) is 24.7 Å². The van der Waals surface area contributed by atoms with Crippen LogP contribution in [0.25, 0.3) is 0 Å². The highest BCUT2D eigenvalue weighted by atomic mass is 32.2. The first kappa shape index (κ1) is 10.9. The maximum Gasteiger partial charge on any atom is 0.142 e. The molecule has 0 aliphatic rings. The maximum absolute atomic E-state index is 10.6. The number of rotatable bonds is 5. The van der Waals surface area contributed by atoms with Crippen LogP contribution in [0.2, 0.25) is 0 Å². The van der Waals surface area contributed by atoms with Gasteiger partial charge in [-0.15, -0.1) is 0 Å². The third-order valence-corrected chi connectivity index (χ3v) is 2.07.